The van der Waals surface area contributed by atoms with Crippen LogP contribution in [0, 0.1) is 0 Å². The van der Waals surface area contributed by atoms with Crippen LogP contribution in [0.15, 0.2) is 78.9 Å². The molecule has 3 aromatic rings. The quantitative estimate of drug-likeness (QED) is 0.579. The second-order valence-electron chi connectivity index (χ2n) is 7.38. The second kappa shape index (κ2) is 9.81. The first kappa shape index (κ1) is 21.2. The van der Waals surface area contributed by atoms with Crippen molar-refractivity contribution in [1.29, 1.82) is 0 Å². The molecule has 1 aliphatic rings. The van der Waals surface area contributed by atoms with Gasteiger partial charge < -0.3 is 15.0 Å². The Balaban J connectivity index is 1.45. The van der Waals surface area contributed by atoms with Crippen LogP contribution in [0.3, 0.4) is 0 Å². The normalized spacial score (nSPS) is 15.8. The predicted octanol–water partition coefficient (Wildman–Crippen LogP) is 4.86. The number of benzene rings is 3. The minimum Gasteiger partial charge on any atom is -0.380 e. The maximum absolute atomic E-state index is 12.7. The van der Waals surface area contributed by atoms with E-state index in [4.69, 9.17) is 4.74 Å². The van der Waals surface area contributed by atoms with Crippen molar-refractivity contribution in [3.05, 3.63) is 101 Å². The first-order chi connectivity index (χ1) is 15.1. The third-order valence-electron chi connectivity index (χ3n) is 5.12. The van der Waals surface area contributed by atoms with E-state index in [1.165, 1.54) is 0 Å². The van der Waals surface area contributed by atoms with E-state index in [1.807, 2.05) is 83.8 Å². The first-order valence-electron chi connectivity index (χ1n) is 10.1. The van der Waals surface area contributed by atoms with Crippen molar-refractivity contribution in [3.8, 4) is 0 Å². The minimum atomic E-state index is -0.169. The highest BCUT2D eigenvalue weighted by Crippen LogP contribution is 2.39. The highest BCUT2D eigenvalue weighted by atomic mass is 32.2. The van der Waals surface area contributed by atoms with E-state index < -0.39 is 0 Å². The molecule has 1 aliphatic heterocycles. The highest BCUT2D eigenvalue weighted by Gasteiger charge is 2.32. The van der Waals surface area contributed by atoms with Gasteiger partial charge in [0, 0.05) is 24.9 Å². The number of thioether (sulfide) groups is 1. The summed E-state index contributed by atoms with van der Waals surface area (Å²) in [5, 5.41) is 2.88. The maximum Gasteiger partial charge on any atom is 0.255 e. The van der Waals surface area contributed by atoms with E-state index in [0.717, 1.165) is 22.4 Å². The lowest BCUT2D eigenvalue weighted by atomic mass is 10.1. The van der Waals surface area contributed by atoms with Gasteiger partial charge in [0.05, 0.1) is 12.4 Å². The molecule has 0 aromatic heterocycles. The third-order valence-corrected chi connectivity index (χ3v) is 6.37. The van der Waals surface area contributed by atoms with Gasteiger partial charge >= 0.3 is 0 Å². The topological polar surface area (TPSA) is 58.6 Å². The van der Waals surface area contributed by atoms with Gasteiger partial charge in [0.2, 0.25) is 5.91 Å². The summed E-state index contributed by atoms with van der Waals surface area (Å²) >= 11 is 1.62. The number of nitrogens with one attached hydrogen (secondary N) is 1. The van der Waals surface area contributed by atoms with Crippen LogP contribution >= 0.6 is 11.8 Å². The van der Waals surface area contributed by atoms with Gasteiger partial charge in [-0.1, -0.05) is 54.6 Å². The summed E-state index contributed by atoms with van der Waals surface area (Å²) in [6.07, 6.45) is 0. The van der Waals surface area contributed by atoms with Crippen molar-refractivity contribution in [3.63, 3.8) is 0 Å². The van der Waals surface area contributed by atoms with Crippen molar-refractivity contribution >= 4 is 29.3 Å². The lowest BCUT2D eigenvalue weighted by Gasteiger charge is -2.24. The Morgan fingerprint density at radius 2 is 1.77 bits per heavy atom. The van der Waals surface area contributed by atoms with Crippen LogP contribution in [0.4, 0.5) is 5.69 Å². The average Bonchev–Trinajstić information content (AvgIpc) is 3.15. The van der Waals surface area contributed by atoms with Gasteiger partial charge in [-0.15, -0.1) is 11.8 Å². The SMILES string of the molecule is COCc1cccc(NC(=O)c2ccc([C@H]3SCC(=O)N3Cc3ccccc3)cc2)c1. The Hall–Kier alpha value is -3.09. The molecule has 1 atom stereocenters. The Bertz CT molecular complexity index is 1050. The molecule has 1 N–H and O–H groups in total. The number of carbonyl (C=O) groups excluding carboxylic acids is 2. The number of hydrogen-bond donors (Lipinski definition) is 1. The molecule has 5 nitrogen and oxygen atoms in total. The van der Waals surface area contributed by atoms with Crippen LogP contribution < -0.4 is 5.32 Å². The maximum atomic E-state index is 12.7. The van der Waals surface area contributed by atoms with Crippen molar-refractivity contribution < 1.29 is 14.3 Å². The molecule has 2 amide bonds. The summed E-state index contributed by atoms with van der Waals surface area (Å²) in [4.78, 5) is 27.0. The molecule has 31 heavy (non-hydrogen) atoms. The molecule has 158 valence electrons. The van der Waals surface area contributed by atoms with Crippen molar-refractivity contribution in [2.24, 2.45) is 0 Å². The zero-order chi connectivity index (χ0) is 21.6. The van der Waals surface area contributed by atoms with E-state index in [9.17, 15) is 9.59 Å². The molecule has 0 radical (unpaired) electrons. The molecule has 0 spiro atoms. The summed E-state index contributed by atoms with van der Waals surface area (Å²) in [6.45, 7) is 1.08. The van der Waals surface area contributed by atoms with Crippen LogP contribution in [0.5, 0.6) is 0 Å². The fourth-order valence-electron chi connectivity index (χ4n) is 3.59. The fourth-order valence-corrected chi connectivity index (χ4v) is 4.78. The molecule has 1 heterocycles. The molecule has 0 unspecified atom stereocenters. The number of anilines is 1. The molecular formula is C25H24N2O3S. The first-order valence-corrected chi connectivity index (χ1v) is 11.1. The number of nitrogens with zero attached hydrogens (tertiary/aromatic N) is 1. The Morgan fingerprint density at radius 1 is 1.03 bits per heavy atom. The molecule has 1 fully saturated rings. The number of carbonyl (C=O) groups is 2. The van der Waals surface area contributed by atoms with E-state index in [2.05, 4.69) is 5.32 Å². The van der Waals surface area contributed by atoms with Gasteiger partial charge in [-0.3, -0.25) is 9.59 Å². The predicted molar refractivity (Wildman–Crippen MR) is 124 cm³/mol. The van der Waals surface area contributed by atoms with Gasteiger partial charge in [-0.25, -0.2) is 0 Å². The Kier molecular flexibility index (Phi) is 6.70. The third kappa shape index (κ3) is 5.16. The van der Waals surface area contributed by atoms with Crippen LogP contribution in [0.2, 0.25) is 0 Å². The molecule has 3 aromatic carbocycles. The highest BCUT2D eigenvalue weighted by molar-refractivity contribution is 8.00. The fraction of sp³-hybridized carbons (Fsp3) is 0.200. The van der Waals surface area contributed by atoms with Gasteiger partial charge in [-0.05, 0) is 41.0 Å². The Morgan fingerprint density at radius 3 is 2.52 bits per heavy atom. The molecule has 0 saturated carbocycles. The van der Waals surface area contributed by atoms with Gasteiger partial charge in [-0.2, -0.15) is 0 Å². The lowest BCUT2D eigenvalue weighted by molar-refractivity contribution is -0.128. The van der Waals surface area contributed by atoms with Crippen LogP contribution in [-0.2, 0) is 22.7 Å². The molecular weight excluding hydrogens is 408 g/mol. The summed E-state index contributed by atoms with van der Waals surface area (Å²) in [5.41, 5.74) is 4.43. The lowest BCUT2D eigenvalue weighted by Crippen LogP contribution is -2.27. The molecule has 1 saturated heterocycles. The van der Waals surface area contributed by atoms with E-state index in [-0.39, 0.29) is 17.2 Å². The number of amides is 2. The van der Waals surface area contributed by atoms with Crippen molar-refractivity contribution in [2.75, 3.05) is 18.2 Å². The minimum absolute atomic E-state index is 0.0458. The van der Waals surface area contributed by atoms with Crippen LogP contribution in [0.25, 0.3) is 0 Å². The summed E-state index contributed by atoms with van der Waals surface area (Å²) in [6, 6.07) is 25.1. The van der Waals surface area contributed by atoms with Gasteiger partial charge in [0.25, 0.3) is 5.91 Å². The number of methoxy groups -OCH3 is 1. The number of ether oxygens (including phenoxy) is 1. The smallest absolute Gasteiger partial charge is 0.255 e. The summed E-state index contributed by atoms with van der Waals surface area (Å²) in [5.74, 6) is 0.436. The standard InChI is InChI=1S/C25H24N2O3S/c1-30-16-19-8-5-9-22(14-19)26-24(29)20-10-12-21(13-11-20)25-27(23(28)17-31-25)15-18-6-3-2-4-7-18/h2-14,25H,15-17H2,1H3,(H,26,29)/t25-/m1/s1. The monoisotopic (exact) mass is 432 g/mol. The summed E-state index contributed by atoms with van der Waals surface area (Å²) < 4.78 is 5.15. The average molecular weight is 433 g/mol. The number of hydrogen-bond acceptors (Lipinski definition) is 4. The van der Waals surface area contributed by atoms with Gasteiger partial charge in [0.1, 0.15) is 5.37 Å². The largest absolute Gasteiger partial charge is 0.380 e. The van der Waals surface area contributed by atoms with E-state index in [0.29, 0.717) is 24.5 Å². The van der Waals surface area contributed by atoms with Crippen LogP contribution in [0.1, 0.15) is 32.4 Å². The zero-order valence-corrected chi connectivity index (χ0v) is 18.1. The van der Waals surface area contributed by atoms with Crippen LogP contribution in [-0.4, -0.2) is 29.6 Å². The number of rotatable bonds is 7. The Labute approximate surface area is 186 Å². The molecule has 0 aliphatic carbocycles. The van der Waals surface area contributed by atoms with Crippen molar-refractivity contribution in [2.45, 2.75) is 18.5 Å². The van der Waals surface area contributed by atoms with E-state index in [1.54, 1.807) is 18.9 Å². The second-order valence-corrected chi connectivity index (χ2v) is 8.45. The summed E-state index contributed by atoms with van der Waals surface area (Å²) in [7, 11) is 1.64. The molecule has 4 rings (SSSR count). The molecule has 0 bridgehead atoms. The van der Waals surface area contributed by atoms with E-state index >= 15 is 0 Å². The molecule has 6 heteroatoms. The zero-order valence-electron chi connectivity index (χ0n) is 17.3. The van der Waals surface area contributed by atoms with Gasteiger partial charge in [0.15, 0.2) is 0 Å². The van der Waals surface area contributed by atoms with Crippen molar-refractivity contribution in [1.82, 2.24) is 4.90 Å².